The van der Waals surface area contributed by atoms with Gasteiger partial charge in [0.05, 0.1) is 0 Å². The van der Waals surface area contributed by atoms with Gasteiger partial charge in [-0.15, -0.1) is 0 Å². The minimum Gasteiger partial charge on any atom is -0.312 e. The summed E-state index contributed by atoms with van der Waals surface area (Å²) in [5.74, 6) is 0.808. The fourth-order valence-electron chi connectivity index (χ4n) is 3.43. The van der Waals surface area contributed by atoms with E-state index >= 15 is 0 Å². The van der Waals surface area contributed by atoms with Crippen LogP contribution >= 0.6 is 23.2 Å². The molecule has 0 amide bonds. The first-order chi connectivity index (χ1) is 9.15. The molecular formula is C15H20Cl2N2. The Morgan fingerprint density at radius 2 is 2.16 bits per heavy atom. The van der Waals surface area contributed by atoms with E-state index in [0.717, 1.165) is 17.5 Å². The third-order valence-corrected chi connectivity index (χ3v) is 5.15. The number of hydrogen-bond acceptors (Lipinski definition) is 2. The van der Waals surface area contributed by atoms with Crippen LogP contribution in [0, 0.1) is 5.92 Å². The van der Waals surface area contributed by atoms with Crippen molar-refractivity contribution in [1.82, 2.24) is 10.2 Å². The van der Waals surface area contributed by atoms with Gasteiger partial charge in [-0.05, 0) is 49.9 Å². The van der Waals surface area contributed by atoms with Crippen LogP contribution < -0.4 is 5.32 Å². The normalized spacial score (nSPS) is 29.2. The predicted octanol–water partition coefficient (Wildman–Crippen LogP) is 3.74. The van der Waals surface area contributed by atoms with E-state index < -0.39 is 0 Å². The Kier molecular flexibility index (Phi) is 4.04. The topological polar surface area (TPSA) is 15.3 Å². The summed E-state index contributed by atoms with van der Waals surface area (Å²) < 4.78 is 0. The first-order valence-electron chi connectivity index (χ1n) is 7.07. The largest absolute Gasteiger partial charge is 0.312 e. The number of likely N-dealkylation sites (tertiary alicyclic amines) is 1. The van der Waals surface area contributed by atoms with Crippen LogP contribution in [-0.2, 0) is 0 Å². The Hall–Kier alpha value is -0.280. The van der Waals surface area contributed by atoms with Crippen molar-refractivity contribution in [3.8, 4) is 0 Å². The van der Waals surface area contributed by atoms with E-state index in [1.165, 1.54) is 31.5 Å². The number of piperidine rings is 1. The van der Waals surface area contributed by atoms with Crippen molar-refractivity contribution in [1.29, 1.82) is 0 Å². The van der Waals surface area contributed by atoms with Gasteiger partial charge >= 0.3 is 0 Å². The van der Waals surface area contributed by atoms with Gasteiger partial charge in [0.1, 0.15) is 0 Å². The van der Waals surface area contributed by atoms with E-state index in [1.54, 1.807) is 0 Å². The van der Waals surface area contributed by atoms with E-state index in [2.05, 4.69) is 23.2 Å². The second-order valence-electron chi connectivity index (χ2n) is 5.76. The molecule has 4 heteroatoms. The van der Waals surface area contributed by atoms with Crippen LogP contribution in [0.15, 0.2) is 18.2 Å². The standard InChI is InChI=1S/C15H20Cl2N2/c1-10(13-5-4-12(16)7-14(13)17)19-8-11-3-2-6-18-15(11)9-19/h4-5,7,10-11,15,18H,2-3,6,8-9H2,1H3/t10?,11-,15+/m0/s1. The van der Waals surface area contributed by atoms with Gasteiger partial charge in [-0.1, -0.05) is 29.3 Å². The fraction of sp³-hybridized carbons (Fsp3) is 0.600. The molecule has 0 radical (unpaired) electrons. The third-order valence-electron chi connectivity index (χ3n) is 4.59. The highest BCUT2D eigenvalue weighted by Crippen LogP contribution is 2.34. The fourth-order valence-corrected chi connectivity index (χ4v) is 4.00. The summed E-state index contributed by atoms with van der Waals surface area (Å²) in [5.41, 5.74) is 1.18. The molecule has 0 spiro atoms. The number of benzene rings is 1. The molecule has 2 heterocycles. The van der Waals surface area contributed by atoms with Gasteiger partial charge in [0.25, 0.3) is 0 Å². The Bertz CT molecular complexity index is 449. The molecule has 104 valence electrons. The molecule has 19 heavy (non-hydrogen) atoms. The summed E-state index contributed by atoms with van der Waals surface area (Å²) in [7, 11) is 0. The number of halogens is 2. The molecule has 0 bridgehead atoms. The van der Waals surface area contributed by atoms with Crippen LogP contribution in [0.5, 0.6) is 0 Å². The lowest BCUT2D eigenvalue weighted by Crippen LogP contribution is -2.40. The van der Waals surface area contributed by atoms with E-state index in [-0.39, 0.29) is 0 Å². The van der Waals surface area contributed by atoms with Crippen LogP contribution in [0.25, 0.3) is 0 Å². The maximum Gasteiger partial charge on any atom is 0.0468 e. The molecular weight excluding hydrogens is 279 g/mol. The molecule has 0 aromatic heterocycles. The average Bonchev–Trinajstić information content (AvgIpc) is 2.81. The maximum absolute atomic E-state index is 6.33. The Morgan fingerprint density at radius 1 is 1.32 bits per heavy atom. The summed E-state index contributed by atoms with van der Waals surface area (Å²) in [5, 5.41) is 5.13. The van der Waals surface area contributed by atoms with E-state index in [4.69, 9.17) is 23.2 Å². The minimum absolute atomic E-state index is 0.358. The van der Waals surface area contributed by atoms with Gasteiger partial charge in [0.2, 0.25) is 0 Å². The van der Waals surface area contributed by atoms with Crippen molar-refractivity contribution in [2.45, 2.75) is 31.8 Å². The molecule has 1 N–H and O–H groups in total. The van der Waals surface area contributed by atoms with Crippen molar-refractivity contribution < 1.29 is 0 Å². The van der Waals surface area contributed by atoms with Crippen molar-refractivity contribution in [3.63, 3.8) is 0 Å². The Labute approximate surface area is 125 Å². The second-order valence-corrected chi connectivity index (χ2v) is 6.60. The molecule has 2 aliphatic heterocycles. The smallest absolute Gasteiger partial charge is 0.0468 e. The lowest BCUT2D eigenvalue weighted by atomic mass is 9.94. The van der Waals surface area contributed by atoms with Crippen molar-refractivity contribution >= 4 is 23.2 Å². The van der Waals surface area contributed by atoms with Crippen LogP contribution in [0.4, 0.5) is 0 Å². The van der Waals surface area contributed by atoms with Crippen LogP contribution in [0.3, 0.4) is 0 Å². The number of nitrogens with zero attached hydrogens (tertiary/aromatic N) is 1. The zero-order valence-corrected chi connectivity index (χ0v) is 12.7. The molecule has 2 aliphatic rings. The summed E-state index contributed by atoms with van der Waals surface area (Å²) in [4.78, 5) is 2.54. The van der Waals surface area contributed by atoms with Crippen LogP contribution in [0.1, 0.15) is 31.4 Å². The van der Waals surface area contributed by atoms with Gasteiger partial charge in [-0.3, -0.25) is 4.90 Å². The number of nitrogens with one attached hydrogen (secondary N) is 1. The summed E-state index contributed by atoms with van der Waals surface area (Å²) in [6, 6.07) is 6.86. The summed E-state index contributed by atoms with van der Waals surface area (Å²) in [6.07, 6.45) is 2.67. The van der Waals surface area contributed by atoms with Gasteiger partial charge in [0.15, 0.2) is 0 Å². The molecule has 1 aromatic carbocycles. The predicted molar refractivity (Wildman–Crippen MR) is 81.0 cm³/mol. The van der Waals surface area contributed by atoms with Crippen molar-refractivity contribution in [2.75, 3.05) is 19.6 Å². The monoisotopic (exact) mass is 298 g/mol. The minimum atomic E-state index is 0.358. The average molecular weight is 299 g/mol. The lowest BCUT2D eigenvalue weighted by molar-refractivity contribution is 0.251. The highest BCUT2D eigenvalue weighted by Gasteiger charge is 2.36. The zero-order chi connectivity index (χ0) is 13.4. The second kappa shape index (κ2) is 5.61. The first kappa shape index (κ1) is 13.7. The molecule has 2 fully saturated rings. The van der Waals surface area contributed by atoms with Crippen LogP contribution in [0.2, 0.25) is 10.0 Å². The Balaban J connectivity index is 1.75. The zero-order valence-electron chi connectivity index (χ0n) is 11.2. The molecule has 0 saturated carbocycles. The number of hydrogen-bond donors (Lipinski definition) is 1. The van der Waals surface area contributed by atoms with Crippen molar-refractivity contribution in [2.24, 2.45) is 5.92 Å². The van der Waals surface area contributed by atoms with E-state index in [1.807, 2.05) is 12.1 Å². The summed E-state index contributed by atoms with van der Waals surface area (Å²) in [6.45, 7) is 5.72. The molecule has 1 unspecified atom stereocenters. The molecule has 1 aromatic rings. The summed E-state index contributed by atoms with van der Waals surface area (Å²) >= 11 is 12.3. The SMILES string of the molecule is CC(c1ccc(Cl)cc1Cl)N1C[C@@H]2CCCN[C@@H]2C1. The highest BCUT2D eigenvalue weighted by molar-refractivity contribution is 6.35. The maximum atomic E-state index is 6.33. The van der Waals surface area contributed by atoms with Crippen molar-refractivity contribution in [3.05, 3.63) is 33.8 Å². The highest BCUT2D eigenvalue weighted by atomic mass is 35.5. The van der Waals surface area contributed by atoms with Crippen LogP contribution in [-0.4, -0.2) is 30.6 Å². The quantitative estimate of drug-likeness (QED) is 0.895. The number of rotatable bonds is 2. The van der Waals surface area contributed by atoms with Gasteiger partial charge in [-0.25, -0.2) is 0 Å². The molecule has 3 rings (SSSR count). The first-order valence-corrected chi connectivity index (χ1v) is 7.83. The van der Waals surface area contributed by atoms with Gasteiger partial charge < -0.3 is 5.32 Å². The van der Waals surface area contributed by atoms with Gasteiger partial charge in [-0.2, -0.15) is 0 Å². The third kappa shape index (κ3) is 2.78. The van der Waals surface area contributed by atoms with E-state index in [9.17, 15) is 0 Å². The lowest BCUT2D eigenvalue weighted by Gasteiger charge is -2.25. The molecule has 2 saturated heterocycles. The molecule has 2 nitrogen and oxygen atoms in total. The molecule has 3 atom stereocenters. The Morgan fingerprint density at radius 3 is 2.89 bits per heavy atom. The number of fused-ring (bicyclic) bond motifs is 1. The molecule has 0 aliphatic carbocycles. The van der Waals surface area contributed by atoms with Gasteiger partial charge in [0, 0.05) is 35.2 Å². The van der Waals surface area contributed by atoms with E-state index in [0.29, 0.717) is 17.1 Å².